The Hall–Kier alpha value is -4.96. The van der Waals surface area contributed by atoms with Crippen LogP contribution < -0.4 is 0 Å². The van der Waals surface area contributed by atoms with Crippen LogP contribution in [0, 0.1) is 5.92 Å². The van der Waals surface area contributed by atoms with Crippen LogP contribution in [0.15, 0.2) is 154 Å². The van der Waals surface area contributed by atoms with Crippen LogP contribution >= 0.6 is 0 Å². The maximum absolute atomic E-state index is 5.02. The predicted molar refractivity (Wildman–Crippen MR) is 152 cm³/mol. The van der Waals surface area contributed by atoms with Crippen LogP contribution in [-0.4, -0.2) is 27.2 Å². The highest BCUT2D eigenvalue weighted by Gasteiger charge is 2.39. The van der Waals surface area contributed by atoms with Gasteiger partial charge in [0, 0.05) is 28.8 Å². The second-order valence-corrected chi connectivity index (χ2v) is 9.87. The van der Waals surface area contributed by atoms with Crippen LogP contribution in [0.1, 0.15) is 5.82 Å². The number of aromatic nitrogens is 3. The molecule has 1 aromatic heterocycles. The Balaban J connectivity index is 1.32. The first-order valence-electron chi connectivity index (χ1n) is 12.9. The molecule has 0 bridgehead atoms. The summed E-state index contributed by atoms with van der Waals surface area (Å²) >= 11 is 0. The van der Waals surface area contributed by atoms with E-state index in [1.165, 1.54) is 33.4 Å². The number of benzene rings is 2. The minimum absolute atomic E-state index is 0.0604. The average molecular weight is 487 g/mol. The number of hydrogen-bond donors (Lipinski definition) is 0. The average Bonchev–Trinajstić information content (AvgIpc) is 3.00. The molecule has 2 atom stereocenters. The van der Waals surface area contributed by atoms with Crippen molar-refractivity contribution >= 4 is 11.8 Å². The maximum Gasteiger partial charge on any atom is 0.164 e. The Kier molecular flexibility index (Phi) is 4.61. The molecule has 5 aliphatic rings. The zero-order valence-electron chi connectivity index (χ0n) is 20.5. The maximum atomic E-state index is 5.02. The molecule has 1 aliphatic heterocycles. The third-order valence-electron chi connectivity index (χ3n) is 7.69. The molecular weight excluding hydrogens is 464 g/mol. The normalized spacial score (nSPS) is 22.1. The predicted octanol–water partition coefficient (Wildman–Crippen LogP) is 6.83. The smallest absolute Gasteiger partial charge is 0.164 e. The number of dihydropyridines is 1. The van der Waals surface area contributed by atoms with Crippen LogP contribution in [0.2, 0.25) is 0 Å². The van der Waals surface area contributed by atoms with Crippen molar-refractivity contribution < 1.29 is 0 Å². The van der Waals surface area contributed by atoms with Crippen molar-refractivity contribution in [1.82, 2.24) is 15.0 Å². The third-order valence-corrected chi connectivity index (χ3v) is 7.69. The van der Waals surface area contributed by atoms with E-state index in [1.807, 2.05) is 73.0 Å². The first-order chi connectivity index (χ1) is 18.8. The lowest BCUT2D eigenvalue weighted by Gasteiger charge is -2.39. The van der Waals surface area contributed by atoms with Crippen molar-refractivity contribution in [3.8, 4) is 22.8 Å². The first-order valence-corrected chi connectivity index (χ1v) is 12.9. The molecule has 2 unspecified atom stereocenters. The quantitative estimate of drug-likeness (QED) is 0.408. The fraction of sp³-hybridized carbons (Fsp3) is 0.0588. The lowest BCUT2D eigenvalue weighted by Crippen LogP contribution is -2.29. The standard InChI is InChI=1S/C34H22N4/c1-3-8-22(9-4-1)32-36-33(23-10-5-2-6-11-23)38-34(37-32)27-17-13-21-14-18-28-30-24(15-16-26(27)29(21)30)20-25-12-7-19-35-31(25)28/h1-20,29,31H. The summed E-state index contributed by atoms with van der Waals surface area (Å²) in [5.41, 5.74) is 10.6. The van der Waals surface area contributed by atoms with Crippen LogP contribution in [0.3, 0.4) is 0 Å². The summed E-state index contributed by atoms with van der Waals surface area (Å²) in [6.07, 6.45) is 21.8. The molecule has 4 aliphatic carbocycles. The van der Waals surface area contributed by atoms with Gasteiger partial charge >= 0.3 is 0 Å². The SMILES string of the molecule is C1=CC2=CC3=C4C(=CC=C5C=CC(c6nc(-c7ccccc7)nc(-c7ccccc7)n6)=C(C=C3)C54)C2N=C1. The summed E-state index contributed by atoms with van der Waals surface area (Å²) in [6.45, 7) is 0. The van der Waals surface area contributed by atoms with Gasteiger partial charge in [0.25, 0.3) is 0 Å². The van der Waals surface area contributed by atoms with Gasteiger partial charge < -0.3 is 0 Å². The van der Waals surface area contributed by atoms with E-state index in [9.17, 15) is 0 Å². The van der Waals surface area contributed by atoms with Crippen LogP contribution in [0.5, 0.6) is 0 Å². The summed E-state index contributed by atoms with van der Waals surface area (Å²) in [6, 6.07) is 20.3. The van der Waals surface area contributed by atoms with E-state index < -0.39 is 0 Å². The topological polar surface area (TPSA) is 51.0 Å². The number of nitrogens with zero attached hydrogens (tertiary/aromatic N) is 4. The molecule has 4 nitrogen and oxygen atoms in total. The summed E-state index contributed by atoms with van der Waals surface area (Å²) in [5, 5.41) is 0. The second-order valence-electron chi connectivity index (χ2n) is 9.87. The number of allylic oxidation sites excluding steroid dienone is 12. The second kappa shape index (κ2) is 8.29. The summed E-state index contributed by atoms with van der Waals surface area (Å²) in [7, 11) is 0. The van der Waals surface area contributed by atoms with Gasteiger partial charge in [0.1, 0.15) is 6.04 Å². The van der Waals surface area contributed by atoms with E-state index in [2.05, 4.69) is 48.6 Å². The van der Waals surface area contributed by atoms with E-state index in [1.54, 1.807) is 0 Å². The van der Waals surface area contributed by atoms with Gasteiger partial charge in [-0.25, -0.2) is 15.0 Å². The van der Waals surface area contributed by atoms with E-state index in [-0.39, 0.29) is 12.0 Å². The molecule has 0 saturated heterocycles. The molecule has 2 heterocycles. The lowest BCUT2D eigenvalue weighted by atomic mass is 9.65. The van der Waals surface area contributed by atoms with E-state index in [0.29, 0.717) is 17.5 Å². The molecule has 178 valence electrons. The Labute approximate surface area is 220 Å². The molecular formula is C34H22N4. The minimum atomic E-state index is 0.0604. The Morgan fingerprint density at radius 2 is 1.32 bits per heavy atom. The fourth-order valence-corrected chi connectivity index (χ4v) is 5.94. The van der Waals surface area contributed by atoms with Gasteiger partial charge in [0.2, 0.25) is 0 Å². The zero-order chi connectivity index (χ0) is 25.1. The van der Waals surface area contributed by atoms with E-state index in [0.717, 1.165) is 16.7 Å². The van der Waals surface area contributed by atoms with Gasteiger partial charge in [-0.2, -0.15) is 0 Å². The molecule has 3 aromatic rings. The molecule has 0 radical (unpaired) electrons. The van der Waals surface area contributed by atoms with Crippen LogP contribution in [0.25, 0.3) is 28.3 Å². The summed E-state index contributed by atoms with van der Waals surface area (Å²) < 4.78 is 0. The molecule has 0 saturated carbocycles. The molecule has 0 N–H and O–H groups in total. The van der Waals surface area contributed by atoms with Crippen molar-refractivity contribution in [2.75, 3.05) is 0 Å². The van der Waals surface area contributed by atoms with Gasteiger partial charge in [-0.05, 0) is 45.6 Å². The first kappa shape index (κ1) is 21.2. The van der Waals surface area contributed by atoms with Gasteiger partial charge in [-0.1, -0.05) is 103 Å². The molecule has 0 spiro atoms. The molecule has 2 aromatic carbocycles. The van der Waals surface area contributed by atoms with E-state index in [4.69, 9.17) is 19.9 Å². The fourth-order valence-electron chi connectivity index (χ4n) is 5.94. The largest absolute Gasteiger partial charge is 0.280 e. The highest BCUT2D eigenvalue weighted by atomic mass is 15.0. The van der Waals surface area contributed by atoms with Crippen molar-refractivity contribution in [3.05, 3.63) is 155 Å². The monoisotopic (exact) mass is 486 g/mol. The molecule has 0 fully saturated rings. The van der Waals surface area contributed by atoms with Crippen molar-refractivity contribution in [2.24, 2.45) is 10.9 Å². The lowest BCUT2D eigenvalue weighted by molar-refractivity contribution is 0.784. The number of aliphatic imine (C=N–C) groups is 1. The number of hydrogen-bond acceptors (Lipinski definition) is 4. The number of rotatable bonds is 3. The molecule has 8 rings (SSSR count). The van der Waals surface area contributed by atoms with Crippen molar-refractivity contribution in [3.63, 3.8) is 0 Å². The third kappa shape index (κ3) is 3.24. The Bertz CT molecular complexity index is 1730. The van der Waals surface area contributed by atoms with Crippen molar-refractivity contribution in [2.45, 2.75) is 6.04 Å². The highest BCUT2D eigenvalue weighted by molar-refractivity contribution is 5.85. The highest BCUT2D eigenvalue weighted by Crippen LogP contribution is 2.51. The Morgan fingerprint density at radius 3 is 2.05 bits per heavy atom. The van der Waals surface area contributed by atoms with Crippen LogP contribution in [-0.2, 0) is 0 Å². The summed E-state index contributed by atoms with van der Waals surface area (Å²) in [5.74, 6) is 2.19. The van der Waals surface area contributed by atoms with Gasteiger partial charge in [0.05, 0.1) is 0 Å². The molecule has 0 amide bonds. The van der Waals surface area contributed by atoms with Crippen LogP contribution in [0.4, 0.5) is 0 Å². The van der Waals surface area contributed by atoms with Gasteiger partial charge in [0.15, 0.2) is 17.5 Å². The van der Waals surface area contributed by atoms with Gasteiger partial charge in [-0.15, -0.1) is 0 Å². The minimum Gasteiger partial charge on any atom is -0.280 e. The van der Waals surface area contributed by atoms with E-state index >= 15 is 0 Å². The number of fused-ring (bicyclic) bond motifs is 2. The molecule has 4 heteroatoms. The van der Waals surface area contributed by atoms with Gasteiger partial charge in [-0.3, -0.25) is 4.99 Å². The zero-order valence-corrected chi connectivity index (χ0v) is 20.5. The molecule has 38 heavy (non-hydrogen) atoms. The Morgan fingerprint density at radius 1 is 0.605 bits per heavy atom. The summed E-state index contributed by atoms with van der Waals surface area (Å²) in [4.78, 5) is 19.7. The van der Waals surface area contributed by atoms with Crippen molar-refractivity contribution in [1.29, 1.82) is 0 Å².